The molecule has 6 heteroatoms. The Bertz CT molecular complexity index is 804. The van der Waals surface area contributed by atoms with Gasteiger partial charge in [-0.05, 0) is 23.8 Å². The quantitative estimate of drug-likeness (QED) is 0.685. The van der Waals surface area contributed by atoms with Crippen molar-refractivity contribution in [1.82, 2.24) is 15.0 Å². The average molecular weight is 280 g/mol. The molecule has 0 radical (unpaired) electrons. The normalized spacial score (nSPS) is 10.3. The summed E-state index contributed by atoms with van der Waals surface area (Å²) in [6, 6.07) is 11.8. The predicted octanol–water partition coefficient (Wildman–Crippen LogP) is 2.02. The summed E-state index contributed by atoms with van der Waals surface area (Å²) >= 11 is 0. The average Bonchev–Trinajstić information content (AvgIpc) is 3.02. The third-order valence-electron chi connectivity index (χ3n) is 2.96. The lowest BCUT2D eigenvalue weighted by molar-refractivity contribution is 0.102. The van der Waals surface area contributed by atoms with E-state index >= 15 is 0 Å². The van der Waals surface area contributed by atoms with Gasteiger partial charge in [0, 0.05) is 11.8 Å². The highest BCUT2D eigenvalue weighted by atomic mass is 16.2. The molecule has 1 aromatic carbocycles. The topological polar surface area (TPSA) is 90.6 Å². The molecule has 3 N–H and O–H groups in total. The minimum atomic E-state index is -0.359. The molecule has 2 aromatic heterocycles. The lowest BCUT2D eigenvalue weighted by atomic mass is 10.1. The number of aromatic nitrogens is 3. The number of hydrogen-bond donors (Lipinski definition) is 3. The zero-order chi connectivity index (χ0) is 14.7. The number of rotatable bonds is 3. The smallest absolute Gasteiger partial charge is 0.272 e. The molecule has 21 heavy (non-hydrogen) atoms. The van der Waals surface area contributed by atoms with Crippen molar-refractivity contribution in [3.8, 4) is 11.3 Å². The van der Waals surface area contributed by atoms with E-state index in [1.165, 1.54) is 12.1 Å². The lowest BCUT2D eigenvalue weighted by Gasteiger charge is -2.05. The lowest BCUT2D eigenvalue weighted by Crippen LogP contribution is -2.17. The fraction of sp³-hybridized carbons (Fsp3) is 0. The fourth-order valence-electron chi connectivity index (χ4n) is 1.93. The molecule has 0 saturated carbocycles. The Labute approximate surface area is 119 Å². The molecule has 3 rings (SSSR count). The fourth-order valence-corrected chi connectivity index (χ4v) is 1.93. The number of aromatic amines is 2. The number of hydrogen-bond acceptors (Lipinski definition) is 3. The Morgan fingerprint density at radius 3 is 2.57 bits per heavy atom. The van der Waals surface area contributed by atoms with Crippen LogP contribution in [0.25, 0.3) is 11.3 Å². The van der Waals surface area contributed by atoms with Gasteiger partial charge in [-0.3, -0.25) is 9.59 Å². The van der Waals surface area contributed by atoms with Crippen LogP contribution in [0.1, 0.15) is 10.5 Å². The van der Waals surface area contributed by atoms with E-state index < -0.39 is 0 Å². The van der Waals surface area contributed by atoms with E-state index in [0.717, 1.165) is 11.3 Å². The Morgan fingerprint density at radius 2 is 1.90 bits per heavy atom. The van der Waals surface area contributed by atoms with Gasteiger partial charge in [-0.15, -0.1) is 0 Å². The molecule has 104 valence electrons. The molecule has 0 aliphatic carbocycles. The highest BCUT2D eigenvalue weighted by molar-refractivity contribution is 6.02. The van der Waals surface area contributed by atoms with E-state index in [-0.39, 0.29) is 17.2 Å². The molecular formula is C15H12N4O2. The van der Waals surface area contributed by atoms with Gasteiger partial charge in [0.1, 0.15) is 5.69 Å². The molecule has 0 atom stereocenters. The highest BCUT2D eigenvalue weighted by Crippen LogP contribution is 2.18. The van der Waals surface area contributed by atoms with Crippen LogP contribution < -0.4 is 10.9 Å². The largest absolute Gasteiger partial charge is 0.345 e. The SMILES string of the molecule is O=C(Nc1ccc(-c2cnc[nH]2)cc1)c1cccc(=O)[nH]1. The number of nitrogens with zero attached hydrogens (tertiary/aromatic N) is 1. The first-order valence-corrected chi connectivity index (χ1v) is 6.32. The second-order valence-corrected chi connectivity index (χ2v) is 4.43. The van der Waals surface area contributed by atoms with Gasteiger partial charge < -0.3 is 15.3 Å². The van der Waals surface area contributed by atoms with Crippen LogP contribution in [0.4, 0.5) is 5.69 Å². The number of benzene rings is 1. The van der Waals surface area contributed by atoms with Crippen molar-refractivity contribution in [3.05, 3.63) is 71.0 Å². The van der Waals surface area contributed by atoms with Gasteiger partial charge in [-0.2, -0.15) is 0 Å². The minimum Gasteiger partial charge on any atom is -0.345 e. The number of imidazole rings is 1. The number of H-pyrrole nitrogens is 2. The standard InChI is InChI=1S/C15H12N4O2/c20-14-3-1-2-12(19-14)15(21)18-11-6-4-10(5-7-11)13-8-16-9-17-13/h1-9H,(H,16,17)(H,18,21)(H,19,20). The summed E-state index contributed by atoms with van der Waals surface area (Å²) in [6.07, 6.45) is 3.33. The Hall–Kier alpha value is -3.15. The molecule has 0 saturated heterocycles. The Balaban J connectivity index is 1.76. The van der Waals surface area contributed by atoms with Gasteiger partial charge in [0.2, 0.25) is 5.56 Å². The molecule has 0 fully saturated rings. The summed E-state index contributed by atoms with van der Waals surface area (Å²) in [5.74, 6) is -0.359. The molecule has 0 bridgehead atoms. The molecule has 0 unspecified atom stereocenters. The third kappa shape index (κ3) is 2.89. The van der Waals surface area contributed by atoms with Crippen LogP contribution in [0.3, 0.4) is 0 Å². The molecule has 6 nitrogen and oxygen atoms in total. The van der Waals surface area contributed by atoms with Crippen LogP contribution in [0.2, 0.25) is 0 Å². The predicted molar refractivity (Wildman–Crippen MR) is 79.0 cm³/mol. The van der Waals surface area contributed by atoms with Gasteiger partial charge in [-0.1, -0.05) is 18.2 Å². The van der Waals surface area contributed by atoms with Crippen molar-refractivity contribution >= 4 is 11.6 Å². The second kappa shape index (κ2) is 5.46. The monoisotopic (exact) mass is 280 g/mol. The minimum absolute atomic E-state index is 0.222. The summed E-state index contributed by atoms with van der Waals surface area (Å²) in [4.78, 5) is 32.6. The number of pyridine rings is 1. The molecule has 0 aliphatic heterocycles. The van der Waals surface area contributed by atoms with Gasteiger partial charge in [0.15, 0.2) is 0 Å². The highest BCUT2D eigenvalue weighted by Gasteiger charge is 2.07. The summed E-state index contributed by atoms with van der Waals surface area (Å²) in [5, 5.41) is 2.72. The molecule has 3 aromatic rings. The van der Waals surface area contributed by atoms with Gasteiger partial charge >= 0.3 is 0 Å². The maximum atomic E-state index is 12.0. The van der Waals surface area contributed by atoms with Crippen LogP contribution in [-0.2, 0) is 0 Å². The first-order valence-electron chi connectivity index (χ1n) is 6.32. The van der Waals surface area contributed by atoms with E-state index in [9.17, 15) is 9.59 Å². The summed E-state index contributed by atoms with van der Waals surface area (Å²) < 4.78 is 0. The molecule has 0 spiro atoms. The Kier molecular flexibility index (Phi) is 3.34. The molecule has 2 heterocycles. The molecular weight excluding hydrogens is 268 g/mol. The van der Waals surface area contributed by atoms with E-state index in [1.807, 2.05) is 12.1 Å². The number of anilines is 1. The maximum Gasteiger partial charge on any atom is 0.272 e. The van der Waals surface area contributed by atoms with Gasteiger partial charge in [0.05, 0.1) is 18.2 Å². The van der Waals surface area contributed by atoms with Crippen LogP contribution in [0.15, 0.2) is 59.8 Å². The van der Waals surface area contributed by atoms with Crippen molar-refractivity contribution in [2.45, 2.75) is 0 Å². The summed E-state index contributed by atoms with van der Waals surface area (Å²) in [6.45, 7) is 0. The zero-order valence-electron chi connectivity index (χ0n) is 11.0. The van der Waals surface area contributed by atoms with Crippen molar-refractivity contribution in [2.75, 3.05) is 5.32 Å². The van der Waals surface area contributed by atoms with Crippen molar-refractivity contribution in [2.24, 2.45) is 0 Å². The number of carbonyl (C=O) groups excluding carboxylic acids is 1. The van der Waals surface area contributed by atoms with E-state index in [2.05, 4.69) is 20.3 Å². The molecule has 0 aliphatic rings. The van der Waals surface area contributed by atoms with Crippen LogP contribution in [-0.4, -0.2) is 20.9 Å². The van der Waals surface area contributed by atoms with Crippen LogP contribution in [0.5, 0.6) is 0 Å². The summed E-state index contributed by atoms with van der Waals surface area (Å²) in [5.41, 5.74) is 2.43. The van der Waals surface area contributed by atoms with E-state index in [4.69, 9.17) is 0 Å². The zero-order valence-corrected chi connectivity index (χ0v) is 11.0. The summed E-state index contributed by atoms with van der Waals surface area (Å²) in [7, 11) is 0. The first kappa shape index (κ1) is 12.9. The van der Waals surface area contributed by atoms with Gasteiger partial charge in [0.25, 0.3) is 5.91 Å². The van der Waals surface area contributed by atoms with Crippen LogP contribution >= 0.6 is 0 Å². The van der Waals surface area contributed by atoms with E-state index in [1.54, 1.807) is 30.7 Å². The van der Waals surface area contributed by atoms with Gasteiger partial charge in [-0.25, -0.2) is 4.98 Å². The number of nitrogens with one attached hydrogen (secondary N) is 3. The first-order chi connectivity index (χ1) is 10.2. The van der Waals surface area contributed by atoms with Crippen LogP contribution in [0, 0.1) is 0 Å². The number of carbonyl (C=O) groups is 1. The molecule has 1 amide bonds. The number of amides is 1. The third-order valence-corrected chi connectivity index (χ3v) is 2.96. The van der Waals surface area contributed by atoms with E-state index in [0.29, 0.717) is 5.69 Å². The second-order valence-electron chi connectivity index (χ2n) is 4.43. The Morgan fingerprint density at radius 1 is 1.10 bits per heavy atom. The maximum absolute atomic E-state index is 12.0. The van der Waals surface area contributed by atoms with Crippen molar-refractivity contribution < 1.29 is 4.79 Å². The van der Waals surface area contributed by atoms with Crippen molar-refractivity contribution in [1.29, 1.82) is 0 Å². The van der Waals surface area contributed by atoms with Crippen molar-refractivity contribution in [3.63, 3.8) is 0 Å².